The van der Waals surface area contributed by atoms with Gasteiger partial charge in [0.05, 0.1) is 12.8 Å². The van der Waals surface area contributed by atoms with Gasteiger partial charge in [0.25, 0.3) is 0 Å². The van der Waals surface area contributed by atoms with Gasteiger partial charge in [-0.25, -0.2) is 0 Å². The van der Waals surface area contributed by atoms with Gasteiger partial charge in [0.1, 0.15) is 23.2 Å². The van der Waals surface area contributed by atoms with E-state index in [2.05, 4.69) is 97.9 Å². The van der Waals surface area contributed by atoms with E-state index in [4.69, 9.17) is 4.74 Å². The van der Waals surface area contributed by atoms with Gasteiger partial charge in [-0.15, -0.1) is 0 Å². The number of benzene rings is 3. The Morgan fingerprint density at radius 2 is 1.14 bits per heavy atom. The SMILES string of the molecule is CC(=O)OC[C@H](C)C[P+](c1ccccc1)(c1ccccc1)c1ccccc1.[I-]. The highest BCUT2D eigenvalue weighted by Gasteiger charge is 2.46. The summed E-state index contributed by atoms with van der Waals surface area (Å²) in [7, 11) is -1.86. The first-order chi connectivity index (χ1) is 13.1. The zero-order chi connectivity index (χ0) is 19.1. The fourth-order valence-electron chi connectivity index (χ4n) is 3.59. The van der Waals surface area contributed by atoms with Crippen LogP contribution in [0.2, 0.25) is 0 Å². The van der Waals surface area contributed by atoms with Crippen molar-refractivity contribution in [3.63, 3.8) is 0 Å². The highest BCUT2D eigenvalue weighted by molar-refractivity contribution is 7.95. The van der Waals surface area contributed by atoms with E-state index >= 15 is 0 Å². The first kappa shape index (κ1) is 22.6. The molecule has 146 valence electrons. The van der Waals surface area contributed by atoms with Crippen molar-refractivity contribution in [2.45, 2.75) is 13.8 Å². The number of carbonyl (C=O) groups is 1. The lowest BCUT2D eigenvalue weighted by Crippen LogP contribution is -3.00. The van der Waals surface area contributed by atoms with Crippen LogP contribution >= 0.6 is 7.26 Å². The van der Waals surface area contributed by atoms with Gasteiger partial charge in [0.15, 0.2) is 0 Å². The fraction of sp³-hybridized carbons (Fsp3) is 0.208. The predicted octanol–water partition coefficient (Wildman–Crippen LogP) is 1.18. The van der Waals surface area contributed by atoms with Gasteiger partial charge in [0, 0.05) is 12.8 Å². The number of esters is 1. The second-order valence-corrected chi connectivity index (χ2v) is 10.4. The summed E-state index contributed by atoms with van der Waals surface area (Å²) in [5.41, 5.74) is 0. The van der Waals surface area contributed by atoms with Crippen LogP contribution in [0.1, 0.15) is 13.8 Å². The number of hydrogen-bond donors (Lipinski definition) is 0. The van der Waals surface area contributed by atoms with E-state index in [1.807, 2.05) is 0 Å². The number of carbonyl (C=O) groups excluding carboxylic acids is 1. The molecule has 0 radical (unpaired) electrons. The summed E-state index contributed by atoms with van der Waals surface area (Å²) in [5.74, 6) is 0.0350. The molecule has 0 unspecified atom stereocenters. The lowest BCUT2D eigenvalue weighted by Gasteiger charge is -2.29. The molecule has 0 heterocycles. The van der Waals surface area contributed by atoms with E-state index in [1.54, 1.807) is 0 Å². The van der Waals surface area contributed by atoms with E-state index in [1.165, 1.54) is 22.8 Å². The number of rotatable bonds is 7. The molecule has 0 saturated heterocycles. The molecule has 0 bridgehead atoms. The molecule has 3 rings (SSSR count). The van der Waals surface area contributed by atoms with Crippen LogP contribution in [0.25, 0.3) is 0 Å². The van der Waals surface area contributed by atoms with Crippen LogP contribution in [0.5, 0.6) is 0 Å². The average molecular weight is 504 g/mol. The van der Waals surface area contributed by atoms with Crippen molar-refractivity contribution in [3.8, 4) is 0 Å². The monoisotopic (exact) mass is 504 g/mol. The molecule has 0 fully saturated rings. The summed E-state index contributed by atoms with van der Waals surface area (Å²) >= 11 is 0. The molecule has 1 atom stereocenters. The number of halogens is 1. The van der Waals surface area contributed by atoms with E-state index in [9.17, 15) is 4.79 Å². The molecule has 0 saturated carbocycles. The summed E-state index contributed by atoms with van der Waals surface area (Å²) in [6, 6.07) is 32.4. The van der Waals surface area contributed by atoms with Crippen LogP contribution in [0.15, 0.2) is 91.0 Å². The van der Waals surface area contributed by atoms with Crippen molar-refractivity contribution in [3.05, 3.63) is 91.0 Å². The smallest absolute Gasteiger partial charge is 0.302 e. The van der Waals surface area contributed by atoms with Crippen LogP contribution in [-0.2, 0) is 9.53 Å². The molecule has 3 aromatic carbocycles. The fourth-order valence-corrected chi connectivity index (χ4v) is 8.20. The number of hydrogen-bond acceptors (Lipinski definition) is 2. The number of ether oxygens (including phenoxy) is 1. The molecule has 0 aromatic heterocycles. The summed E-state index contributed by atoms with van der Waals surface area (Å²) in [4.78, 5) is 11.3. The van der Waals surface area contributed by atoms with Gasteiger partial charge >= 0.3 is 5.97 Å². The van der Waals surface area contributed by atoms with Gasteiger partial charge in [-0.3, -0.25) is 4.79 Å². The molecule has 0 aliphatic carbocycles. The largest absolute Gasteiger partial charge is 1.00 e. The molecular formula is C24H26IO2P. The second-order valence-electron chi connectivity index (χ2n) is 6.91. The average Bonchev–Trinajstić information content (AvgIpc) is 2.72. The third kappa shape index (κ3) is 5.21. The van der Waals surface area contributed by atoms with E-state index in [0.717, 1.165) is 6.16 Å². The van der Waals surface area contributed by atoms with Gasteiger partial charge < -0.3 is 28.7 Å². The highest BCUT2D eigenvalue weighted by atomic mass is 127. The Kier molecular flexibility index (Phi) is 8.65. The van der Waals surface area contributed by atoms with Crippen molar-refractivity contribution >= 4 is 29.1 Å². The molecular weight excluding hydrogens is 478 g/mol. The van der Waals surface area contributed by atoms with Crippen LogP contribution in [0.3, 0.4) is 0 Å². The highest BCUT2D eigenvalue weighted by Crippen LogP contribution is 2.56. The quantitative estimate of drug-likeness (QED) is 0.275. The third-order valence-electron chi connectivity index (χ3n) is 4.75. The van der Waals surface area contributed by atoms with E-state index in [-0.39, 0.29) is 35.9 Å². The van der Waals surface area contributed by atoms with Crippen LogP contribution in [0.4, 0.5) is 0 Å². The molecule has 0 amide bonds. The Balaban J connectivity index is 0.00000280. The minimum Gasteiger partial charge on any atom is -1.00 e. The third-order valence-corrected chi connectivity index (χ3v) is 9.46. The van der Waals surface area contributed by atoms with Crippen LogP contribution in [0, 0.1) is 5.92 Å². The van der Waals surface area contributed by atoms with Gasteiger partial charge in [-0.05, 0) is 36.4 Å². The summed E-state index contributed by atoms with van der Waals surface area (Å²) in [6.07, 6.45) is 0.957. The van der Waals surface area contributed by atoms with Gasteiger partial charge in [0.2, 0.25) is 0 Å². The first-order valence-corrected chi connectivity index (χ1v) is 11.3. The van der Waals surface area contributed by atoms with E-state index < -0.39 is 7.26 Å². The molecule has 3 aromatic rings. The summed E-state index contributed by atoms with van der Waals surface area (Å²) in [6.45, 7) is 4.09. The Bertz CT molecular complexity index is 757. The Hall–Kier alpha value is -1.71. The Labute approximate surface area is 185 Å². The minimum absolute atomic E-state index is 0. The summed E-state index contributed by atoms with van der Waals surface area (Å²) < 4.78 is 5.34. The zero-order valence-electron chi connectivity index (χ0n) is 16.3. The predicted molar refractivity (Wildman–Crippen MR) is 116 cm³/mol. The minimum atomic E-state index is -1.86. The first-order valence-electron chi connectivity index (χ1n) is 9.31. The molecule has 2 nitrogen and oxygen atoms in total. The topological polar surface area (TPSA) is 26.3 Å². The Morgan fingerprint density at radius 1 is 0.786 bits per heavy atom. The van der Waals surface area contributed by atoms with Crippen LogP contribution in [-0.4, -0.2) is 18.7 Å². The van der Waals surface area contributed by atoms with Crippen molar-refractivity contribution in [2.24, 2.45) is 5.92 Å². The van der Waals surface area contributed by atoms with Crippen molar-refractivity contribution < 1.29 is 33.5 Å². The standard InChI is InChI=1S/C24H26O2P.HI/c1-20(18-26-21(2)25)19-27(22-12-6-3-7-13-22,23-14-8-4-9-15-23)24-16-10-5-11-17-24;/h3-17,20H,18-19H2,1-2H3;1H/q+1;/p-1/t20-;/m0./s1. The summed E-state index contributed by atoms with van der Waals surface area (Å²) in [5, 5.41) is 4.08. The molecule has 0 aliphatic rings. The maximum Gasteiger partial charge on any atom is 0.302 e. The second kappa shape index (κ2) is 10.7. The van der Waals surface area contributed by atoms with Crippen molar-refractivity contribution in [1.29, 1.82) is 0 Å². The van der Waals surface area contributed by atoms with Gasteiger partial charge in [-0.2, -0.15) is 0 Å². The van der Waals surface area contributed by atoms with Crippen LogP contribution < -0.4 is 39.9 Å². The Morgan fingerprint density at radius 3 is 1.46 bits per heavy atom. The maximum absolute atomic E-state index is 11.3. The van der Waals surface area contributed by atoms with Crippen molar-refractivity contribution in [2.75, 3.05) is 12.8 Å². The maximum atomic E-state index is 11.3. The van der Waals surface area contributed by atoms with E-state index in [0.29, 0.717) is 6.61 Å². The van der Waals surface area contributed by atoms with Gasteiger partial charge in [-0.1, -0.05) is 61.5 Å². The lowest BCUT2D eigenvalue weighted by atomic mass is 10.2. The molecule has 0 N–H and O–H groups in total. The molecule has 4 heteroatoms. The molecule has 28 heavy (non-hydrogen) atoms. The lowest BCUT2D eigenvalue weighted by molar-refractivity contribution is -0.141. The molecule has 0 spiro atoms. The van der Waals surface area contributed by atoms with Crippen molar-refractivity contribution in [1.82, 2.24) is 0 Å². The normalized spacial score (nSPS) is 11.9. The zero-order valence-corrected chi connectivity index (χ0v) is 19.3. The molecule has 0 aliphatic heterocycles.